The first-order chi connectivity index (χ1) is 19.1. The summed E-state index contributed by atoms with van der Waals surface area (Å²) in [6, 6.07) is 27.9. The van der Waals surface area contributed by atoms with E-state index in [0.29, 0.717) is 28.0 Å². The predicted molar refractivity (Wildman–Crippen MR) is 158 cm³/mol. The number of hydrogen-bond acceptors (Lipinski definition) is 7. The molecule has 0 saturated heterocycles. The van der Waals surface area contributed by atoms with Gasteiger partial charge in [0.05, 0.1) is 24.0 Å². The zero-order valence-electron chi connectivity index (χ0n) is 21.7. The number of methoxy groups -OCH3 is 1. The Morgan fingerprint density at radius 3 is 2.49 bits per heavy atom. The van der Waals surface area contributed by atoms with E-state index in [-0.39, 0.29) is 0 Å². The molecule has 0 aliphatic heterocycles. The van der Waals surface area contributed by atoms with Crippen LogP contribution in [0.1, 0.15) is 6.92 Å². The minimum absolute atomic E-state index is 0.374. The average Bonchev–Trinajstić information content (AvgIpc) is 3.41. The van der Waals surface area contributed by atoms with Gasteiger partial charge in [-0.25, -0.2) is 4.98 Å². The molecule has 7 nitrogen and oxygen atoms in total. The largest absolute Gasteiger partial charge is 0.497 e. The highest BCUT2D eigenvalue weighted by Gasteiger charge is 2.20. The van der Waals surface area contributed by atoms with E-state index in [1.807, 2.05) is 103 Å². The van der Waals surface area contributed by atoms with Crippen LogP contribution in [0.3, 0.4) is 0 Å². The number of ether oxygens (including phenoxy) is 1. The maximum absolute atomic E-state index is 9.58. The van der Waals surface area contributed by atoms with Crippen LogP contribution in [0.25, 0.3) is 39.2 Å². The topological polar surface area (TPSA) is 85.4 Å². The lowest BCUT2D eigenvalue weighted by atomic mass is 10.0. The Morgan fingerprint density at radius 2 is 1.77 bits per heavy atom. The summed E-state index contributed by atoms with van der Waals surface area (Å²) in [6.07, 6.45) is 3.67. The zero-order chi connectivity index (χ0) is 27.2. The molecule has 0 fully saturated rings. The molecule has 0 aliphatic rings. The lowest BCUT2D eigenvalue weighted by Gasteiger charge is -2.13. The van der Waals surface area contributed by atoms with Gasteiger partial charge in [-0.3, -0.25) is 4.57 Å². The molecule has 0 aliphatic carbocycles. The summed E-state index contributed by atoms with van der Waals surface area (Å²) >= 11 is 1.43. The number of allylic oxidation sites excluding steroid dienone is 3. The Balaban J connectivity index is 1.65. The third-order valence-electron chi connectivity index (χ3n) is 6.19. The van der Waals surface area contributed by atoms with Crippen LogP contribution in [0.4, 0.5) is 0 Å². The molecule has 1 N–H and O–H groups in total. The van der Waals surface area contributed by atoms with Crippen molar-refractivity contribution in [2.75, 3.05) is 12.9 Å². The molecule has 194 valence electrons. The highest BCUT2D eigenvalue weighted by Crippen LogP contribution is 2.35. The second-order valence-corrected chi connectivity index (χ2v) is 9.58. The number of aromatic nitrogens is 4. The third kappa shape index (κ3) is 5.46. The zero-order valence-corrected chi connectivity index (χ0v) is 22.5. The van der Waals surface area contributed by atoms with E-state index in [9.17, 15) is 5.21 Å². The summed E-state index contributed by atoms with van der Waals surface area (Å²) < 4.78 is 7.36. The van der Waals surface area contributed by atoms with Crippen molar-refractivity contribution in [2.45, 2.75) is 12.1 Å². The van der Waals surface area contributed by atoms with Gasteiger partial charge in [0.15, 0.2) is 11.0 Å². The van der Waals surface area contributed by atoms with Crippen LogP contribution in [0, 0.1) is 0 Å². The molecule has 8 heteroatoms. The van der Waals surface area contributed by atoms with Crippen LogP contribution in [0.15, 0.2) is 120 Å². The first-order valence-electron chi connectivity index (χ1n) is 12.3. The van der Waals surface area contributed by atoms with E-state index in [2.05, 4.69) is 28.0 Å². The van der Waals surface area contributed by atoms with Gasteiger partial charge in [-0.05, 0) is 61.0 Å². The number of hydrogen-bond donors (Lipinski definition) is 1. The van der Waals surface area contributed by atoms with Gasteiger partial charge in [0.2, 0.25) is 0 Å². The molecule has 0 unspecified atom stereocenters. The van der Waals surface area contributed by atoms with Gasteiger partial charge in [-0.1, -0.05) is 72.0 Å². The van der Waals surface area contributed by atoms with Crippen LogP contribution >= 0.6 is 11.8 Å². The predicted octanol–water partition coefficient (Wildman–Crippen LogP) is 7.21. The fourth-order valence-corrected chi connectivity index (χ4v) is 5.16. The minimum Gasteiger partial charge on any atom is -0.497 e. The van der Waals surface area contributed by atoms with Crippen molar-refractivity contribution in [2.24, 2.45) is 5.16 Å². The molecule has 0 radical (unpaired) electrons. The normalized spacial score (nSPS) is 11.8. The number of para-hydroxylation sites is 2. The number of oxime groups is 1. The fourth-order valence-electron chi connectivity index (χ4n) is 4.23. The summed E-state index contributed by atoms with van der Waals surface area (Å²) in [5.41, 5.74) is 5.58. The van der Waals surface area contributed by atoms with Crippen LogP contribution in [0.2, 0.25) is 0 Å². The van der Waals surface area contributed by atoms with Gasteiger partial charge in [0, 0.05) is 28.0 Å². The molecule has 2 aromatic heterocycles. The number of pyridine rings is 1. The van der Waals surface area contributed by atoms with Crippen molar-refractivity contribution in [1.82, 2.24) is 19.7 Å². The second-order valence-electron chi connectivity index (χ2n) is 8.64. The summed E-state index contributed by atoms with van der Waals surface area (Å²) in [5, 5.41) is 23.9. The van der Waals surface area contributed by atoms with E-state index in [1.165, 1.54) is 11.8 Å². The molecular weight excluding hydrogens is 506 g/mol. The van der Waals surface area contributed by atoms with E-state index < -0.39 is 0 Å². The Bertz CT molecular complexity index is 1680. The Labute approximate surface area is 231 Å². The van der Waals surface area contributed by atoms with Crippen molar-refractivity contribution < 1.29 is 9.94 Å². The molecule has 2 heterocycles. The van der Waals surface area contributed by atoms with Crippen LogP contribution in [-0.2, 0) is 0 Å². The summed E-state index contributed by atoms with van der Waals surface area (Å²) in [7, 11) is 1.65. The molecular formula is C31H27N5O2S. The number of rotatable bonds is 9. The molecule has 0 saturated carbocycles. The van der Waals surface area contributed by atoms with Crippen LogP contribution < -0.4 is 4.74 Å². The van der Waals surface area contributed by atoms with Gasteiger partial charge in [-0.2, -0.15) is 0 Å². The smallest absolute Gasteiger partial charge is 0.196 e. The molecule has 5 aromatic rings. The van der Waals surface area contributed by atoms with Gasteiger partial charge in [0.1, 0.15) is 5.75 Å². The molecule has 3 aromatic carbocycles. The minimum atomic E-state index is 0.374. The molecule has 0 bridgehead atoms. The van der Waals surface area contributed by atoms with Gasteiger partial charge in [0.25, 0.3) is 0 Å². The van der Waals surface area contributed by atoms with Gasteiger partial charge >= 0.3 is 0 Å². The maximum Gasteiger partial charge on any atom is 0.196 e. The van der Waals surface area contributed by atoms with E-state index in [0.717, 1.165) is 39.2 Å². The summed E-state index contributed by atoms with van der Waals surface area (Å²) in [6.45, 7) is 5.89. The molecule has 0 atom stereocenters. The highest BCUT2D eigenvalue weighted by atomic mass is 32.2. The summed E-state index contributed by atoms with van der Waals surface area (Å²) in [4.78, 5) is 4.94. The molecule has 5 rings (SSSR count). The first-order valence-corrected chi connectivity index (χ1v) is 13.3. The van der Waals surface area contributed by atoms with Gasteiger partial charge in [-0.15, -0.1) is 10.2 Å². The van der Waals surface area contributed by atoms with E-state index >= 15 is 0 Å². The second kappa shape index (κ2) is 11.8. The Hall–Kier alpha value is -4.69. The van der Waals surface area contributed by atoms with Gasteiger partial charge < -0.3 is 9.94 Å². The quantitative estimate of drug-likeness (QED) is 0.0708. The van der Waals surface area contributed by atoms with Crippen molar-refractivity contribution >= 4 is 28.4 Å². The molecule has 0 spiro atoms. The number of nitrogens with zero attached hydrogens (tertiary/aromatic N) is 5. The monoisotopic (exact) mass is 533 g/mol. The Morgan fingerprint density at radius 1 is 1.03 bits per heavy atom. The Kier molecular flexibility index (Phi) is 7.84. The maximum atomic E-state index is 9.58. The lowest BCUT2D eigenvalue weighted by Crippen LogP contribution is -2.06. The molecule has 39 heavy (non-hydrogen) atoms. The summed E-state index contributed by atoms with van der Waals surface area (Å²) in [5.74, 6) is 1.85. The van der Waals surface area contributed by atoms with E-state index in [4.69, 9.17) is 9.72 Å². The van der Waals surface area contributed by atoms with Crippen molar-refractivity contribution in [3.05, 3.63) is 109 Å². The number of fused-ring (bicyclic) bond motifs is 1. The standard InChI is InChI=1S/C31H27N5O2S/c1-4-10-21(2)29(35-37)20-39-31-34-33-30(36(31)23-11-6-5-7-12-23)26-19-28(22-15-17-24(38-3)18-16-22)32-27-14-9-8-13-25(26)27/h4-19,37H,2,20H2,1,3H3/b10-4-,35-29-. The highest BCUT2D eigenvalue weighted by molar-refractivity contribution is 7.99. The average molecular weight is 534 g/mol. The third-order valence-corrected chi connectivity index (χ3v) is 7.13. The lowest BCUT2D eigenvalue weighted by molar-refractivity contribution is 0.319. The van der Waals surface area contributed by atoms with E-state index in [1.54, 1.807) is 7.11 Å². The van der Waals surface area contributed by atoms with Crippen molar-refractivity contribution in [1.29, 1.82) is 0 Å². The van der Waals surface area contributed by atoms with Crippen LogP contribution in [-0.4, -0.2) is 43.5 Å². The van der Waals surface area contributed by atoms with Crippen LogP contribution in [0.5, 0.6) is 5.75 Å². The number of thioether (sulfide) groups is 1. The SMILES string of the molecule is C=C(/C=C\C)/C(CSc1nnc(-c2cc(-c3ccc(OC)cc3)nc3ccccc23)n1-c1ccccc1)=N\O. The molecule has 0 amide bonds. The van der Waals surface area contributed by atoms with Crippen molar-refractivity contribution in [3.63, 3.8) is 0 Å². The van der Waals surface area contributed by atoms with Crippen molar-refractivity contribution in [3.8, 4) is 34.1 Å². The first kappa shape index (κ1) is 25.9. The number of benzene rings is 3. The fraction of sp³-hybridized carbons (Fsp3) is 0.0968.